The number of carbonyl (C=O) groups is 1. The molecule has 0 spiro atoms. The van der Waals surface area contributed by atoms with Crippen LogP contribution < -0.4 is 5.32 Å². The van der Waals surface area contributed by atoms with Gasteiger partial charge in [0.15, 0.2) is 10.9 Å². The second-order valence-electron chi connectivity index (χ2n) is 8.41. The number of hydrogen-bond donors (Lipinski definition) is 1. The zero-order valence-corrected chi connectivity index (χ0v) is 19.4. The predicted octanol–water partition coefficient (Wildman–Crippen LogP) is 6.33. The molecule has 33 heavy (non-hydrogen) atoms. The lowest BCUT2D eigenvalue weighted by atomic mass is 9.97. The first-order chi connectivity index (χ1) is 15.5. The minimum atomic E-state index is -4.41. The molecular formula is C23H23F3N4O2S. The summed E-state index contributed by atoms with van der Waals surface area (Å²) in [6.45, 7) is 3.87. The Balaban J connectivity index is 1.57. The largest absolute Gasteiger partial charge is 0.416 e. The van der Waals surface area contributed by atoms with Crippen molar-refractivity contribution in [3.63, 3.8) is 0 Å². The Kier molecular flexibility index (Phi) is 5.92. The highest BCUT2D eigenvalue weighted by Gasteiger charge is 2.30. The SMILES string of the molecule is COC(C)(C)CCC(=O)c1ccc2c(c1)nc(Nc1nc3ccc(C(F)(F)F)cc3s1)n2C. The second kappa shape index (κ2) is 8.42. The molecule has 0 saturated carbocycles. The fourth-order valence-electron chi connectivity index (χ4n) is 3.40. The zero-order valence-electron chi connectivity index (χ0n) is 18.6. The Hall–Kier alpha value is -2.98. The van der Waals surface area contributed by atoms with Crippen molar-refractivity contribution in [3.05, 3.63) is 47.5 Å². The molecule has 0 saturated heterocycles. The summed E-state index contributed by atoms with van der Waals surface area (Å²) in [5.74, 6) is 0.485. The number of carbonyl (C=O) groups excluding carboxylic acids is 1. The highest BCUT2D eigenvalue weighted by molar-refractivity contribution is 7.22. The number of nitrogens with zero attached hydrogens (tertiary/aromatic N) is 3. The van der Waals surface area contributed by atoms with Gasteiger partial charge in [0, 0.05) is 26.1 Å². The zero-order chi connectivity index (χ0) is 24.0. The summed E-state index contributed by atoms with van der Waals surface area (Å²) in [5, 5.41) is 3.52. The third-order valence-corrected chi connectivity index (χ3v) is 6.58. The normalized spacial score (nSPS) is 12.6. The van der Waals surface area contributed by atoms with Crippen LogP contribution in [0, 0.1) is 0 Å². The van der Waals surface area contributed by atoms with Crippen LogP contribution in [0.4, 0.5) is 24.3 Å². The van der Waals surface area contributed by atoms with Gasteiger partial charge in [0.2, 0.25) is 5.95 Å². The van der Waals surface area contributed by atoms with Crippen LogP contribution in [0.15, 0.2) is 36.4 Å². The molecule has 2 aromatic heterocycles. The molecule has 10 heteroatoms. The minimum Gasteiger partial charge on any atom is -0.379 e. The highest BCUT2D eigenvalue weighted by Crippen LogP contribution is 2.35. The number of methoxy groups -OCH3 is 1. The Morgan fingerprint density at radius 3 is 2.58 bits per heavy atom. The molecule has 0 aliphatic rings. The lowest BCUT2D eigenvalue weighted by Gasteiger charge is -2.22. The molecule has 4 aromatic rings. The maximum absolute atomic E-state index is 13.0. The van der Waals surface area contributed by atoms with Crippen LogP contribution >= 0.6 is 11.3 Å². The van der Waals surface area contributed by atoms with Gasteiger partial charge in [-0.2, -0.15) is 13.2 Å². The van der Waals surface area contributed by atoms with Crippen LogP contribution in [0.2, 0.25) is 0 Å². The van der Waals surface area contributed by atoms with Crippen LogP contribution in [0.1, 0.15) is 42.6 Å². The molecule has 1 N–H and O–H groups in total. The summed E-state index contributed by atoms with van der Waals surface area (Å²) in [7, 11) is 3.44. The molecule has 0 radical (unpaired) electrons. The smallest absolute Gasteiger partial charge is 0.379 e. The standard InChI is InChI=1S/C23H23F3N4O2S/c1-22(2,32-4)10-9-18(31)13-5-8-17-16(11-13)27-20(30(17)3)29-21-28-15-7-6-14(23(24,25)26)12-19(15)33-21/h5-8,11-12H,9-10H2,1-4H3,(H,27,28,29). The number of hydrogen-bond acceptors (Lipinski definition) is 6. The Bertz CT molecular complexity index is 1340. The van der Waals surface area contributed by atoms with E-state index in [9.17, 15) is 18.0 Å². The average Bonchev–Trinajstić information content (AvgIpc) is 3.31. The lowest BCUT2D eigenvalue weighted by molar-refractivity contribution is -0.137. The molecular weight excluding hydrogens is 453 g/mol. The Morgan fingerprint density at radius 2 is 1.88 bits per heavy atom. The van der Waals surface area contributed by atoms with Crippen molar-refractivity contribution in [3.8, 4) is 0 Å². The number of aryl methyl sites for hydroxylation is 1. The van der Waals surface area contributed by atoms with Gasteiger partial charge in [-0.25, -0.2) is 9.97 Å². The number of rotatable bonds is 7. The second-order valence-corrected chi connectivity index (χ2v) is 9.44. The van der Waals surface area contributed by atoms with E-state index in [2.05, 4.69) is 15.3 Å². The van der Waals surface area contributed by atoms with Gasteiger partial charge in [0.05, 0.1) is 32.4 Å². The van der Waals surface area contributed by atoms with E-state index in [4.69, 9.17) is 4.74 Å². The quantitative estimate of drug-likeness (QED) is 0.316. The van der Waals surface area contributed by atoms with Crippen molar-refractivity contribution < 1.29 is 22.7 Å². The van der Waals surface area contributed by atoms with E-state index in [0.29, 0.717) is 45.2 Å². The topological polar surface area (TPSA) is 69.0 Å². The molecule has 174 valence electrons. The van der Waals surface area contributed by atoms with Crippen LogP contribution in [0.3, 0.4) is 0 Å². The van der Waals surface area contributed by atoms with E-state index in [1.807, 2.05) is 31.5 Å². The van der Waals surface area contributed by atoms with Gasteiger partial charge in [0.1, 0.15) is 0 Å². The maximum atomic E-state index is 13.0. The molecule has 4 rings (SSSR count). The van der Waals surface area contributed by atoms with Gasteiger partial charge in [0.25, 0.3) is 0 Å². The summed E-state index contributed by atoms with van der Waals surface area (Å²) < 4.78 is 46.6. The van der Waals surface area contributed by atoms with Crippen LogP contribution in [0.5, 0.6) is 0 Å². The number of aromatic nitrogens is 3. The third-order valence-electron chi connectivity index (χ3n) is 5.64. The van der Waals surface area contributed by atoms with Crippen molar-refractivity contribution >= 4 is 49.4 Å². The number of anilines is 2. The minimum absolute atomic E-state index is 0.00818. The number of imidazole rings is 1. The van der Waals surface area contributed by atoms with Gasteiger partial charge in [-0.15, -0.1) is 0 Å². The van der Waals surface area contributed by atoms with E-state index in [1.54, 1.807) is 19.2 Å². The highest BCUT2D eigenvalue weighted by atomic mass is 32.1. The number of ketones is 1. The van der Waals surface area contributed by atoms with E-state index < -0.39 is 11.7 Å². The molecule has 2 aromatic carbocycles. The Morgan fingerprint density at radius 1 is 1.12 bits per heavy atom. The van der Waals surface area contributed by atoms with Crippen molar-refractivity contribution in [2.45, 2.75) is 38.5 Å². The number of Topliss-reactive ketones (excluding diaryl/α,β-unsaturated/α-hetero) is 1. The van der Waals surface area contributed by atoms with Gasteiger partial charge < -0.3 is 14.6 Å². The summed E-state index contributed by atoms with van der Waals surface area (Å²) >= 11 is 1.12. The molecule has 0 atom stereocenters. The van der Waals surface area contributed by atoms with E-state index in [0.717, 1.165) is 29.0 Å². The van der Waals surface area contributed by atoms with Crippen LogP contribution in [-0.2, 0) is 18.0 Å². The summed E-state index contributed by atoms with van der Waals surface area (Å²) in [6.07, 6.45) is -3.45. The van der Waals surface area contributed by atoms with Crippen molar-refractivity contribution in [1.82, 2.24) is 14.5 Å². The number of nitrogens with one attached hydrogen (secondary N) is 1. The van der Waals surface area contributed by atoms with E-state index in [1.165, 1.54) is 6.07 Å². The third kappa shape index (κ3) is 4.86. The first-order valence-electron chi connectivity index (χ1n) is 10.3. The fraction of sp³-hybridized carbons (Fsp3) is 0.348. The number of ether oxygens (including phenoxy) is 1. The molecule has 0 bridgehead atoms. The van der Waals surface area contributed by atoms with E-state index >= 15 is 0 Å². The first-order valence-corrected chi connectivity index (χ1v) is 11.1. The monoisotopic (exact) mass is 476 g/mol. The van der Waals surface area contributed by atoms with Crippen molar-refractivity contribution in [1.29, 1.82) is 0 Å². The van der Waals surface area contributed by atoms with Gasteiger partial charge in [-0.3, -0.25) is 4.79 Å². The molecule has 0 aliphatic carbocycles. The summed E-state index contributed by atoms with van der Waals surface area (Å²) in [4.78, 5) is 21.6. The number of alkyl halides is 3. The maximum Gasteiger partial charge on any atom is 0.416 e. The van der Waals surface area contributed by atoms with E-state index in [-0.39, 0.29) is 11.4 Å². The van der Waals surface area contributed by atoms with Crippen molar-refractivity contribution in [2.24, 2.45) is 7.05 Å². The summed E-state index contributed by atoms with van der Waals surface area (Å²) in [5.41, 5.74) is 1.41. The molecule has 0 aliphatic heterocycles. The van der Waals surface area contributed by atoms with Crippen LogP contribution in [0.25, 0.3) is 21.3 Å². The molecule has 2 heterocycles. The lowest BCUT2D eigenvalue weighted by Crippen LogP contribution is -2.23. The molecule has 6 nitrogen and oxygen atoms in total. The average molecular weight is 477 g/mol. The summed E-state index contributed by atoms with van der Waals surface area (Å²) in [6, 6.07) is 8.82. The number of halogens is 3. The number of benzene rings is 2. The first kappa shape index (κ1) is 23.2. The van der Waals surface area contributed by atoms with Gasteiger partial charge in [-0.1, -0.05) is 11.3 Å². The van der Waals surface area contributed by atoms with Crippen LogP contribution in [-0.4, -0.2) is 33.0 Å². The van der Waals surface area contributed by atoms with Gasteiger partial charge in [-0.05, 0) is 56.7 Å². The van der Waals surface area contributed by atoms with Gasteiger partial charge >= 0.3 is 6.18 Å². The number of thiazole rings is 1. The predicted molar refractivity (Wildman–Crippen MR) is 123 cm³/mol. The Labute approximate surface area is 192 Å². The fourth-order valence-corrected chi connectivity index (χ4v) is 4.29. The molecule has 0 amide bonds. The molecule has 0 fully saturated rings. The number of fused-ring (bicyclic) bond motifs is 2. The van der Waals surface area contributed by atoms with Crippen molar-refractivity contribution in [2.75, 3.05) is 12.4 Å². The molecule has 0 unspecified atom stereocenters.